The summed E-state index contributed by atoms with van der Waals surface area (Å²) in [6, 6.07) is 0. The zero-order valence-electron chi connectivity index (χ0n) is 6.32. The number of hydrogen-bond donors (Lipinski definition) is 0. The first kappa shape index (κ1) is 8.79. The highest BCUT2D eigenvalue weighted by molar-refractivity contribution is 14.1. The van der Waals surface area contributed by atoms with Gasteiger partial charge in [0.15, 0.2) is 0 Å². The molecule has 0 radical (unpaired) electrons. The summed E-state index contributed by atoms with van der Waals surface area (Å²) in [5.41, 5.74) is 0. The molecular weight excluding hydrogens is 259 g/mol. The van der Waals surface area contributed by atoms with Gasteiger partial charge >= 0.3 is 0 Å². The van der Waals surface area contributed by atoms with E-state index in [1.54, 1.807) is 29.6 Å². The Bertz CT molecular complexity index is 193. The summed E-state index contributed by atoms with van der Waals surface area (Å²) >= 11 is 2.08. The minimum Gasteiger partial charge on any atom is -0.482 e. The van der Waals surface area contributed by atoms with E-state index in [1.807, 2.05) is 0 Å². The van der Waals surface area contributed by atoms with Crippen molar-refractivity contribution in [3.05, 3.63) is 12.0 Å². The van der Waals surface area contributed by atoms with Crippen LogP contribution in [0, 0.1) is 0 Å². The fraction of sp³-hybridized carbons (Fsp3) is 0.500. The van der Waals surface area contributed by atoms with E-state index in [1.165, 1.54) is 0 Å². The minimum absolute atomic E-state index is 0.268. The van der Waals surface area contributed by atoms with Crippen LogP contribution in [0.3, 0.4) is 0 Å². The van der Waals surface area contributed by atoms with Crippen LogP contribution in [0.4, 0.5) is 0 Å². The lowest BCUT2D eigenvalue weighted by Gasteiger charge is -2.25. The van der Waals surface area contributed by atoms with Gasteiger partial charge in [0, 0.05) is 19.4 Å². The SMILES string of the molecule is COC1=CC=NC(OC)N1I. The summed E-state index contributed by atoms with van der Waals surface area (Å²) < 4.78 is 11.9. The Morgan fingerprint density at radius 1 is 1.64 bits per heavy atom. The zero-order valence-corrected chi connectivity index (χ0v) is 8.48. The molecule has 1 unspecified atom stereocenters. The second-order valence-corrected chi connectivity index (χ2v) is 2.92. The quantitative estimate of drug-likeness (QED) is 0.556. The van der Waals surface area contributed by atoms with Gasteiger partial charge < -0.3 is 9.47 Å². The Morgan fingerprint density at radius 2 is 2.36 bits per heavy atom. The van der Waals surface area contributed by atoms with E-state index in [-0.39, 0.29) is 6.35 Å². The maximum atomic E-state index is 5.04. The molecule has 0 amide bonds. The standard InChI is InChI=1S/C6H9IN2O2/c1-10-5-3-4-8-6(11-2)9(5)7/h3-4,6H,1-2H3. The summed E-state index contributed by atoms with van der Waals surface area (Å²) in [5, 5.41) is 0. The normalized spacial score (nSPS) is 23.4. The van der Waals surface area contributed by atoms with Crippen LogP contribution in [-0.4, -0.2) is 29.9 Å². The first-order chi connectivity index (χ1) is 5.29. The van der Waals surface area contributed by atoms with Gasteiger partial charge in [-0.3, -0.25) is 0 Å². The second kappa shape index (κ2) is 3.91. The Balaban J connectivity index is 2.68. The highest BCUT2D eigenvalue weighted by Crippen LogP contribution is 2.19. The summed E-state index contributed by atoms with van der Waals surface area (Å²) in [7, 11) is 3.22. The molecule has 0 aromatic rings. The molecule has 1 rings (SSSR count). The highest BCUT2D eigenvalue weighted by Gasteiger charge is 2.19. The van der Waals surface area contributed by atoms with Gasteiger partial charge in [0.25, 0.3) is 0 Å². The van der Waals surface area contributed by atoms with Crippen molar-refractivity contribution in [2.24, 2.45) is 4.99 Å². The molecule has 0 aromatic carbocycles. The summed E-state index contributed by atoms with van der Waals surface area (Å²) in [5.74, 6) is 0.743. The molecular formula is C6H9IN2O2. The van der Waals surface area contributed by atoms with Gasteiger partial charge in [0.1, 0.15) is 0 Å². The van der Waals surface area contributed by atoms with Crippen LogP contribution < -0.4 is 0 Å². The largest absolute Gasteiger partial charge is 0.482 e. The second-order valence-electron chi connectivity index (χ2n) is 1.88. The molecule has 4 nitrogen and oxygen atoms in total. The number of methoxy groups -OCH3 is 2. The van der Waals surface area contributed by atoms with Crippen molar-refractivity contribution >= 4 is 29.1 Å². The van der Waals surface area contributed by atoms with E-state index in [0.29, 0.717) is 0 Å². The van der Waals surface area contributed by atoms with E-state index >= 15 is 0 Å². The van der Waals surface area contributed by atoms with Gasteiger partial charge in [0.05, 0.1) is 30.0 Å². The molecule has 11 heavy (non-hydrogen) atoms. The van der Waals surface area contributed by atoms with Crippen LogP contribution in [0.5, 0.6) is 0 Å². The summed E-state index contributed by atoms with van der Waals surface area (Å²) in [4.78, 5) is 4.04. The van der Waals surface area contributed by atoms with Gasteiger partial charge in [0.2, 0.25) is 12.2 Å². The lowest BCUT2D eigenvalue weighted by atomic mass is 10.5. The first-order valence-corrected chi connectivity index (χ1v) is 4.01. The van der Waals surface area contributed by atoms with Crippen LogP contribution in [-0.2, 0) is 9.47 Å². The zero-order chi connectivity index (χ0) is 8.27. The van der Waals surface area contributed by atoms with Gasteiger partial charge in [-0.05, 0) is 0 Å². The third-order valence-corrected chi connectivity index (χ3v) is 2.21. The Hall–Kier alpha value is -0.300. The fourth-order valence-electron chi connectivity index (χ4n) is 0.728. The molecule has 0 saturated heterocycles. The molecule has 5 heteroatoms. The van der Waals surface area contributed by atoms with E-state index in [0.717, 1.165) is 5.88 Å². The molecule has 1 aliphatic rings. The maximum absolute atomic E-state index is 5.04. The highest BCUT2D eigenvalue weighted by atomic mass is 127. The van der Waals surface area contributed by atoms with Crippen molar-refractivity contribution in [1.82, 2.24) is 3.11 Å². The van der Waals surface area contributed by atoms with Gasteiger partial charge in [-0.2, -0.15) is 0 Å². The number of aliphatic imine (C=N–C) groups is 1. The predicted molar refractivity (Wildman–Crippen MR) is 50.2 cm³/mol. The monoisotopic (exact) mass is 268 g/mol. The molecule has 62 valence electrons. The summed E-state index contributed by atoms with van der Waals surface area (Å²) in [6.07, 6.45) is 3.18. The van der Waals surface area contributed by atoms with Crippen molar-refractivity contribution in [3.8, 4) is 0 Å². The average Bonchev–Trinajstić information content (AvgIpc) is 2.05. The van der Waals surface area contributed by atoms with Gasteiger partial charge in [-0.1, -0.05) is 0 Å². The lowest BCUT2D eigenvalue weighted by molar-refractivity contribution is 0.0247. The molecule has 0 saturated carbocycles. The minimum atomic E-state index is -0.268. The average molecular weight is 268 g/mol. The molecule has 0 aromatic heterocycles. The lowest BCUT2D eigenvalue weighted by Crippen LogP contribution is -2.29. The topological polar surface area (TPSA) is 34.1 Å². The number of rotatable bonds is 2. The van der Waals surface area contributed by atoms with Gasteiger partial charge in [-0.15, -0.1) is 0 Å². The third kappa shape index (κ3) is 1.84. The molecule has 1 atom stereocenters. The van der Waals surface area contributed by atoms with Crippen LogP contribution in [0.15, 0.2) is 17.0 Å². The molecule has 0 bridgehead atoms. The van der Waals surface area contributed by atoms with Crippen molar-refractivity contribution in [2.45, 2.75) is 6.35 Å². The number of hydrogen-bond acceptors (Lipinski definition) is 4. The number of ether oxygens (including phenoxy) is 2. The first-order valence-electron chi connectivity index (χ1n) is 3.05. The molecule has 1 aliphatic heterocycles. The van der Waals surface area contributed by atoms with E-state index in [4.69, 9.17) is 9.47 Å². The number of halogens is 1. The van der Waals surface area contributed by atoms with Crippen LogP contribution >= 0.6 is 22.9 Å². The predicted octanol–water partition coefficient (Wildman–Crippen LogP) is 1.14. The Morgan fingerprint density at radius 3 is 2.91 bits per heavy atom. The third-order valence-electron chi connectivity index (χ3n) is 1.26. The maximum Gasteiger partial charge on any atom is 0.238 e. The van der Waals surface area contributed by atoms with Crippen molar-refractivity contribution < 1.29 is 9.47 Å². The van der Waals surface area contributed by atoms with E-state index in [9.17, 15) is 0 Å². The number of allylic oxidation sites excluding steroid dienone is 1. The molecule has 0 spiro atoms. The molecule has 0 fully saturated rings. The summed E-state index contributed by atoms with van der Waals surface area (Å²) in [6.45, 7) is 0. The van der Waals surface area contributed by atoms with Crippen molar-refractivity contribution in [2.75, 3.05) is 14.2 Å². The molecule has 0 N–H and O–H groups in total. The fourth-order valence-corrected chi connectivity index (χ4v) is 1.46. The van der Waals surface area contributed by atoms with Crippen molar-refractivity contribution in [3.63, 3.8) is 0 Å². The van der Waals surface area contributed by atoms with Crippen LogP contribution in [0.1, 0.15) is 0 Å². The smallest absolute Gasteiger partial charge is 0.238 e. The molecule has 0 aliphatic carbocycles. The van der Waals surface area contributed by atoms with E-state index in [2.05, 4.69) is 27.9 Å². The Labute approximate surface area is 79.4 Å². The van der Waals surface area contributed by atoms with Crippen molar-refractivity contribution in [1.29, 1.82) is 0 Å². The van der Waals surface area contributed by atoms with Gasteiger partial charge in [-0.25, -0.2) is 8.11 Å². The Kier molecular flexibility index (Phi) is 3.13. The number of nitrogens with zero attached hydrogens (tertiary/aromatic N) is 2. The molecule has 1 heterocycles. The van der Waals surface area contributed by atoms with Crippen LogP contribution in [0.25, 0.3) is 0 Å². The van der Waals surface area contributed by atoms with Crippen LogP contribution in [0.2, 0.25) is 0 Å². The van der Waals surface area contributed by atoms with E-state index < -0.39 is 0 Å².